The molecule has 0 spiro atoms. The van der Waals surface area contributed by atoms with Crippen LogP contribution in [-0.2, 0) is 6.42 Å². The van der Waals surface area contributed by atoms with Gasteiger partial charge >= 0.3 is 6.18 Å². The first kappa shape index (κ1) is 13.0. The van der Waals surface area contributed by atoms with Gasteiger partial charge in [0.15, 0.2) is 0 Å². The maximum absolute atomic E-state index is 11.9. The number of alkyl halides is 3. The number of aromatic nitrogens is 1. The van der Waals surface area contributed by atoms with Gasteiger partial charge in [-0.3, -0.25) is 4.98 Å². The Balaban J connectivity index is 2.23. The molecule has 1 aromatic rings. The first-order valence-electron chi connectivity index (χ1n) is 5.11. The lowest BCUT2D eigenvalue weighted by atomic mass is 10.1. The number of nitrogens with zero attached hydrogens (tertiary/aromatic N) is 1. The van der Waals surface area contributed by atoms with Crippen molar-refractivity contribution in [2.45, 2.75) is 38.0 Å². The number of hydrogen-bond donors (Lipinski definition) is 1. The van der Waals surface area contributed by atoms with Crippen molar-refractivity contribution in [3.63, 3.8) is 0 Å². The Kier molecular flexibility index (Phi) is 4.73. The Morgan fingerprint density at radius 2 is 2.06 bits per heavy atom. The average molecular weight is 233 g/mol. The van der Waals surface area contributed by atoms with E-state index in [-0.39, 0.29) is 6.42 Å². The van der Waals surface area contributed by atoms with Crippen LogP contribution in [0.25, 0.3) is 0 Å². The molecule has 1 aromatic heterocycles. The minimum absolute atomic E-state index is 0.232. The normalized spacial score (nSPS) is 13.8. The molecule has 1 heterocycles. The first-order chi connectivity index (χ1) is 7.47. The highest BCUT2D eigenvalue weighted by atomic mass is 19.4. The van der Waals surface area contributed by atoms with Gasteiger partial charge in [0.1, 0.15) is 0 Å². The quantitative estimate of drug-likeness (QED) is 0.848. The first-order valence-corrected chi connectivity index (χ1v) is 5.11. The van der Waals surface area contributed by atoms with Gasteiger partial charge in [0.2, 0.25) is 0 Å². The molecule has 1 rings (SSSR count). The summed E-state index contributed by atoms with van der Waals surface area (Å²) in [5.74, 6) is 0. The van der Waals surface area contributed by atoms with Crippen molar-refractivity contribution < 1.29 is 18.3 Å². The number of aliphatic hydroxyl groups excluding tert-OH is 1. The Morgan fingerprint density at radius 3 is 2.62 bits per heavy atom. The Bertz CT molecular complexity index is 300. The summed E-state index contributed by atoms with van der Waals surface area (Å²) in [6.07, 6.45) is -2.09. The fourth-order valence-corrected chi connectivity index (χ4v) is 1.35. The summed E-state index contributed by atoms with van der Waals surface area (Å²) >= 11 is 0. The van der Waals surface area contributed by atoms with E-state index in [1.807, 2.05) is 6.07 Å². The van der Waals surface area contributed by atoms with E-state index in [1.54, 1.807) is 18.5 Å². The lowest BCUT2D eigenvalue weighted by Crippen LogP contribution is -2.14. The maximum atomic E-state index is 11.9. The molecular weight excluding hydrogens is 219 g/mol. The molecule has 1 unspecified atom stereocenters. The van der Waals surface area contributed by atoms with Gasteiger partial charge < -0.3 is 5.11 Å². The van der Waals surface area contributed by atoms with Crippen molar-refractivity contribution in [3.05, 3.63) is 30.1 Å². The van der Waals surface area contributed by atoms with E-state index in [0.29, 0.717) is 12.8 Å². The summed E-state index contributed by atoms with van der Waals surface area (Å²) in [6, 6.07) is 3.60. The van der Waals surface area contributed by atoms with E-state index in [2.05, 4.69) is 4.98 Å². The molecule has 0 aliphatic carbocycles. The van der Waals surface area contributed by atoms with E-state index >= 15 is 0 Å². The highest BCUT2D eigenvalue weighted by Crippen LogP contribution is 2.23. The molecule has 5 heteroatoms. The van der Waals surface area contributed by atoms with Crippen molar-refractivity contribution in [1.82, 2.24) is 4.98 Å². The number of hydrogen-bond acceptors (Lipinski definition) is 2. The molecule has 1 N–H and O–H groups in total. The zero-order valence-electron chi connectivity index (χ0n) is 8.74. The van der Waals surface area contributed by atoms with Crippen LogP contribution in [0.1, 0.15) is 24.8 Å². The van der Waals surface area contributed by atoms with Crippen molar-refractivity contribution in [3.8, 4) is 0 Å². The molecule has 0 bridgehead atoms. The highest BCUT2D eigenvalue weighted by molar-refractivity contribution is 5.08. The second-order valence-corrected chi connectivity index (χ2v) is 3.71. The largest absolute Gasteiger partial charge is 0.393 e. The fourth-order valence-electron chi connectivity index (χ4n) is 1.35. The smallest absolute Gasteiger partial charge is 0.389 e. The molecule has 0 amide bonds. The Labute approximate surface area is 92.1 Å². The standard InChI is InChI=1S/C11H14F3NO/c12-11(13,14)6-5-10(16)4-3-9-2-1-7-15-8-9/h1-2,7-8,10,16H,3-6H2. The summed E-state index contributed by atoms with van der Waals surface area (Å²) in [4.78, 5) is 3.89. The summed E-state index contributed by atoms with van der Waals surface area (Å²) < 4.78 is 35.6. The zero-order valence-corrected chi connectivity index (χ0v) is 8.74. The van der Waals surface area contributed by atoms with Crippen LogP contribution >= 0.6 is 0 Å². The second kappa shape index (κ2) is 5.84. The molecule has 0 saturated carbocycles. The van der Waals surface area contributed by atoms with E-state index < -0.39 is 18.7 Å². The van der Waals surface area contributed by atoms with Gasteiger partial charge in [-0.1, -0.05) is 6.07 Å². The minimum atomic E-state index is -4.19. The molecule has 1 atom stereocenters. The molecule has 2 nitrogen and oxygen atoms in total. The lowest BCUT2D eigenvalue weighted by molar-refractivity contribution is -0.140. The van der Waals surface area contributed by atoms with Crippen LogP contribution in [0.4, 0.5) is 13.2 Å². The topological polar surface area (TPSA) is 33.1 Å². The maximum Gasteiger partial charge on any atom is 0.389 e. The van der Waals surface area contributed by atoms with Gasteiger partial charge in [-0.05, 0) is 30.9 Å². The third kappa shape index (κ3) is 5.70. The molecule has 16 heavy (non-hydrogen) atoms. The van der Waals surface area contributed by atoms with Crippen molar-refractivity contribution in [2.24, 2.45) is 0 Å². The van der Waals surface area contributed by atoms with E-state index in [9.17, 15) is 18.3 Å². The molecule has 0 aliphatic rings. The predicted molar refractivity (Wildman–Crippen MR) is 53.9 cm³/mol. The Morgan fingerprint density at radius 1 is 1.31 bits per heavy atom. The van der Waals surface area contributed by atoms with Crippen LogP contribution < -0.4 is 0 Å². The van der Waals surface area contributed by atoms with Gasteiger partial charge in [0, 0.05) is 18.8 Å². The predicted octanol–water partition coefficient (Wildman–Crippen LogP) is 2.72. The number of aliphatic hydroxyl groups is 1. The molecule has 0 aliphatic heterocycles. The van der Waals surface area contributed by atoms with E-state index in [0.717, 1.165) is 5.56 Å². The van der Waals surface area contributed by atoms with Gasteiger partial charge in [-0.15, -0.1) is 0 Å². The summed E-state index contributed by atoms with van der Waals surface area (Å²) in [5, 5.41) is 9.35. The third-order valence-corrected chi connectivity index (χ3v) is 2.25. The van der Waals surface area contributed by atoms with Crippen molar-refractivity contribution in [2.75, 3.05) is 0 Å². The number of halogens is 3. The van der Waals surface area contributed by atoms with Crippen molar-refractivity contribution in [1.29, 1.82) is 0 Å². The second-order valence-electron chi connectivity index (χ2n) is 3.71. The van der Waals surface area contributed by atoms with Crippen LogP contribution in [0, 0.1) is 0 Å². The van der Waals surface area contributed by atoms with Crippen LogP contribution in [0.15, 0.2) is 24.5 Å². The zero-order chi connectivity index (χ0) is 12.0. The molecule has 0 radical (unpaired) electrons. The molecule has 90 valence electrons. The fraction of sp³-hybridized carbons (Fsp3) is 0.545. The number of aryl methyl sites for hydroxylation is 1. The minimum Gasteiger partial charge on any atom is -0.393 e. The molecule has 0 fully saturated rings. The summed E-state index contributed by atoms with van der Waals surface area (Å²) in [5.41, 5.74) is 0.925. The monoisotopic (exact) mass is 233 g/mol. The number of pyridine rings is 1. The molecule has 0 saturated heterocycles. The van der Waals surface area contributed by atoms with E-state index in [4.69, 9.17) is 0 Å². The van der Waals surface area contributed by atoms with Crippen LogP contribution in [-0.4, -0.2) is 22.4 Å². The average Bonchev–Trinajstić information content (AvgIpc) is 2.24. The molecule has 0 aromatic carbocycles. The van der Waals surface area contributed by atoms with Gasteiger partial charge in [0.05, 0.1) is 6.10 Å². The Hall–Kier alpha value is -1.10. The lowest BCUT2D eigenvalue weighted by Gasteiger charge is -2.11. The summed E-state index contributed by atoms with van der Waals surface area (Å²) in [6.45, 7) is 0. The highest BCUT2D eigenvalue weighted by Gasteiger charge is 2.27. The van der Waals surface area contributed by atoms with Gasteiger partial charge in [-0.2, -0.15) is 13.2 Å². The molecular formula is C11H14F3NO. The SMILES string of the molecule is OC(CCc1cccnc1)CCC(F)(F)F. The number of rotatable bonds is 5. The van der Waals surface area contributed by atoms with E-state index in [1.165, 1.54) is 0 Å². The van der Waals surface area contributed by atoms with Crippen LogP contribution in [0.5, 0.6) is 0 Å². The van der Waals surface area contributed by atoms with Crippen molar-refractivity contribution >= 4 is 0 Å². The van der Waals surface area contributed by atoms with Gasteiger partial charge in [0.25, 0.3) is 0 Å². The summed E-state index contributed by atoms with van der Waals surface area (Å²) in [7, 11) is 0. The van der Waals surface area contributed by atoms with Crippen LogP contribution in [0.2, 0.25) is 0 Å². The third-order valence-electron chi connectivity index (χ3n) is 2.25. The van der Waals surface area contributed by atoms with Crippen LogP contribution in [0.3, 0.4) is 0 Å². The van der Waals surface area contributed by atoms with Gasteiger partial charge in [-0.25, -0.2) is 0 Å².